The van der Waals surface area contributed by atoms with Crippen LogP contribution in [0.1, 0.15) is 32.1 Å². The van der Waals surface area contributed by atoms with Crippen LogP contribution in [0.5, 0.6) is 0 Å². The highest BCUT2D eigenvalue weighted by Gasteiger charge is 2.31. The monoisotopic (exact) mass is 260 g/mol. The first-order valence-electron chi connectivity index (χ1n) is 6.74. The highest BCUT2D eigenvalue weighted by atomic mass is 32.2. The van der Waals surface area contributed by atoms with Crippen molar-refractivity contribution in [2.45, 2.75) is 32.1 Å². The summed E-state index contributed by atoms with van der Waals surface area (Å²) in [6.07, 6.45) is 5.63. The van der Waals surface area contributed by atoms with Gasteiger partial charge in [0, 0.05) is 13.1 Å². The van der Waals surface area contributed by atoms with E-state index in [1.165, 1.54) is 19.3 Å². The SMILES string of the molecule is CNCC1CCN(S(=O)(=O)CCC2CCC2)C1. The van der Waals surface area contributed by atoms with E-state index in [9.17, 15) is 8.42 Å². The Kier molecular flexibility index (Phi) is 4.44. The van der Waals surface area contributed by atoms with Crippen molar-refractivity contribution in [1.82, 2.24) is 9.62 Å². The molecule has 1 unspecified atom stereocenters. The summed E-state index contributed by atoms with van der Waals surface area (Å²) in [4.78, 5) is 0. The van der Waals surface area contributed by atoms with Crippen molar-refractivity contribution in [1.29, 1.82) is 0 Å². The largest absolute Gasteiger partial charge is 0.319 e. The van der Waals surface area contributed by atoms with Crippen LogP contribution in [0.4, 0.5) is 0 Å². The minimum absolute atomic E-state index is 0.365. The zero-order chi connectivity index (χ0) is 12.3. The van der Waals surface area contributed by atoms with E-state index in [2.05, 4.69) is 5.32 Å². The van der Waals surface area contributed by atoms with Crippen LogP contribution in [-0.2, 0) is 10.0 Å². The molecule has 0 bridgehead atoms. The molecule has 0 aromatic carbocycles. The molecule has 0 aromatic rings. The van der Waals surface area contributed by atoms with Gasteiger partial charge in [-0.2, -0.15) is 0 Å². The van der Waals surface area contributed by atoms with E-state index in [1.807, 2.05) is 7.05 Å². The molecule has 2 fully saturated rings. The Morgan fingerprint density at radius 2 is 2.00 bits per heavy atom. The standard InChI is InChI=1S/C12H24N2O2S/c1-13-9-12-5-7-14(10-12)17(15,16)8-6-11-3-2-4-11/h11-13H,2-10H2,1H3. The van der Waals surface area contributed by atoms with E-state index in [4.69, 9.17) is 0 Å². The zero-order valence-electron chi connectivity index (χ0n) is 10.7. The zero-order valence-corrected chi connectivity index (χ0v) is 11.5. The molecule has 4 nitrogen and oxygen atoms in total. The fraction of sp³-hybridized carbons (Fsp3) is 1.00. The van der Waals surface area contributed by atoms with Crippen molar-refractivity contribution in [3.8, 4) is 0 Å². The molecule has 1 heterocycles. The summed E-state index contributed by atoms with van der Waals surface area (Å²) < 4.78 is 26.0. The van der Waals surface area contributed by atoms with Crippen molar-refractivity contribution in [2.75, 3.05) is 32.4 Å². The summed E-state index contributed by atoms with van der Waals surface area (Å²) in [6, 6.07) is 0. The smallest absolute Gasteiger partial charge is 0.214 e. The number of nitrogens with zero attached hydrogens (tertiary/aromatic N) is 1. The van der Waals surface area contributed by atoms with Gasteiger partial charge in [0.05, 0.1) is 5.75 Å². The second-order valence-electron chi connectivity index (χ2n) is 5.47. The quantitative estimate of drug-likeness (QED) is 0.776. The Bertz CT molecular complexity index is 338. The third-order valence-electron chi connectivity index (χ3n) is 4.14. The minimum Gasteiger partial charge on any atom is -0.319 e. The first-order valence-corrected chi connectivity index (χ1v) is 8.35. The summed E-state index contributed by atoms with van der Waals surface area (Å²) in [6.45, 7) is 2.36. The molecule has 0 spiro atoms. The molecular formula is C12H24N2O2S. The van der Waals surface area contributed by atoms with Gasteiger partial charge >= 0.3 is 0 Å². The molecule has 0 radical (unpaired) electrons. The summed E-state index contributed by atoms with van der Waals surface area (Å²) >= 11 is 0. The van der Waals surface area contributed by atoms with E-state index >= 15 is 0 Å². The van der Waals surface area contributed by atoms with Crippen LogP contribution >= 0.6 is 0 Å². The maximum atomic E-state index is 12.1. The van der Waals surface area contributed by atoms with Gasteiger partial charge in [0.25, 0.3) is 0 Å². The van der Waals surface area contributed by atoms with E-state index in [-0.39, 0.29) is 0 Å². The molecule has 0 amide bonds. The van der Waals surface area contributed by atoms with Crippen LogP contribution in [0, 0.1) is 11.8 Å². The first kappa shape index (κ1) is 13.3. The molecule has 5 heteroatoms. The predicted molar refractivity (Wildman–Crippen MR) is 69.4 cm³/mol. The van der Waals surface area contributed by atoms with Crippen LogP contribution in [0.2, 0.25) is 0 Å². The molecule has 2 rings (SSSR count). The molecule has 1 saturated carbocycles. The number of hydrogen-bond donors (Lipinski definition) is 1. The molecule has 2 aliphatic rings. The maximum Gasteiger partial charge on any atom is 0.214 e. The Morgan fingerprint density at radius 3 is 2.59 bits per heavy atom. The average Bonchev–Trinajstić information content (AvgIpc) is 2.65. The topological polar surface area (TPSA) is 49.4 Å². The minimum atomic E-state index is -2.98. The number of sulfonamides is 1. The van der Waals surface area contributed by atoms with E-state index in [0.717, 1.165) is 25.9 Å². The van der Waals surface area contributed by atoms with Gasteiger partial charge in [-0.15, -0.1) is 0 Å². The Balaban J connectivity index is 1.79. The molecular weight excluding hydrogens is 236 g/mol. The Labute approximate surface area is 105 Å². The number of nitrogens with one attached hydrogen (secondary N) is 1. The molecule has 1 saturated heterocycles. The van der Waals surface area contributed by atoms with Crippen molar-refractivity contribution < 1.29 is 8.42 Å². The normalized spacial score (nSPS) is 27.2. The molecule has 100 valence electrons. The van der Waals surface area contributed by atoms with Crippen LogP contribution in [0.15, 0.2) is 0 Å². The summed E-state index contributed by atoms with van der Waals surface area (Å²) in [5, 5.41) is 3.13. The summed E-state index contributed by atoms with van der Waals surface area (Å²) in [7, 11) is -1.05. The van der Waals surface area contributed by atoms with Crippen molar-refractivity contribution in [2.24, 2.45) is 11.8 Å². The second kappa shape index (κ2) is 5.67. The third-order valence-corrected chi connectivity index (χ3v) is 6.01. The molecule has 0 aromatic heterocycles. The van der Waals surface area contributed by atoms with Gasteiger partial charge in [-0.1, -0.05) is 19.3 Å². The van der Waals surface area contributed by atoms with Gasteiger partial charge < -0.3 is 5.32 Å². The Morgan fingerprint density at radius 1 is 1.24 bits per heavy atom. The van der Waals surface area contributed by atoms with Crippen LogP contribution < -0.4 is 5.32 Å². The van der Waals surface area contributed by atoms with E-state index in [0.29, 0.717) is 24.1 Å². The average molecular weight is 260 g/mol. The molecule has 17 heavy (non-hydrogen) atoms. The second-order valence-corrected chi connectivity index (χ2v) is 7.56. The maximum absolute atomic E-state index is 12.1. The lowest BCUT2D eigenvalue weighted by atomic mass is 9.84. The van der Waals surface area contributed by atoms with Crippen molar-refractivity contribution in [3.63, 3.8) is 0 Å². The Hall–Kier alpha value is -0.130. The molecule has 1 N–H and O–H groups in total. The van der Waals surface area contributed by atoms with Gasteiger partial charge in [-0.05, 0) is 38.3 Å². The fourth-order valence-corrected chi connectivity index (χ4v) is 4.44. The fourth-order valence-electron chi connectivity index (χ4n) is 2.73. The van der Waals surface area contributed by atoms with Crippen LogP contribution in [-0.4, -0.2) is 45.2 Å². The molecule has 1 aliphatic carbocycles. The van der Waals surface area contributed by atoms with Crippen molar-refractivity contribution in [3.05, 3.63) is 0 Å². The van der Waals surface area contributed by atoms with Crippen molar-refractivity contribution >= 4 is 10.0 Å². The van der Waals surface area contributed by atoms with E-state index < -0.39 is 10.0 Å². The van der Waals surface area contributed by atoms with Gasteiger partial charge in [-0.25, -0.2) is 12.7 Å². The number of rotatable bonds is 6. The summed E-state index contributed by atoms with van der Waals surface area (Å²) in [5.74, 6) is 1.54. The highest BCUT2D eigenvalue weighted by molar-refractivity contribution is 7.89. The predicted octanol–water partition coefficient (Wildman–Crippen LogP) is 1.05. The third kappa shape index (κ3) is 3.42. The molecule has 1 aliphatic heterocycles. The number of hydrogen-bond acceptors (Lipinski definition) is 3. The van der Waals surface area contributed by atoms with Crippen LogP contribution in [0.3, 0.4) is 0 Å². The lowest BCUT2D eigenvalue weighted by Crippen LogP contribution is -2.33. The first-order chi connectivity index (χ1) is 8.12. The highest BCUT2D eigenvalue weighted by Crippen LogP contribution is 2.30. The van der Waals surface area contributed by atoms with Gasteiger partial charge in [0.2, 0.25) is 10.0 Å². The van der Waals surface area contributed by atoms with Crippen LogP contribution in [0.25, 0.3) is 0 Å². The van der Waals surface area contributed by atoms with Gasteiger partial charge in [0.1, 0.15) is 0 Å². The van der Waals surface area contributed by atoms with Gasteiger partial charge in [-0.3, -0.25) is 0 Å². The van der Waals surface area contributed by atoms with E-state index in [1.54, 1.807) is 4.31 Å². The summed E-state index contributed by atoms with van der Waals surface area (Å²) in [5.41, 5.74) is 0. The lowest BCUT2D eigenvalue weighted by Gasteiger charge is -2.26. The van der Waals surface area contributed by atoms with Gasteiger partial charge in [0.15, 0.2) is 0 Å². The lowest BCUT2D eigenvalue weighted by molar-refractivity contribution is 0.305. The molecule has 1 atom stereocenters.